The molecule has 0 bridgehead atoms. The molecule has 0 aliphatic heterocycles. The van der Waals surface area contributed by atoms with Crippen LogP contribution in [0.3, 0.4) is 0 Å². The zero-order chi connectivity index (χ0) is 13.8. The van der Waals surface area contributed by atoms with Gasteiger partial charge in [0.25, 0.3) is 0 Å². The van der Waals surface area contributed by atoms with E-state index >= 15 is 0 Å². The van der Waals surface area contributed by atoms with Crippen LogP contribution in [0.2, 0.25) is 0 Å². The van der Waals surface area contributed by atoms with Gasteiger partial charge in [-0.25, -0.2) is 0 Å². The molecule has 0 saturated heterocycles. The van der Waals surface area contributed by atoms with Gasteiger partial charge in [-0.05, 0) is 37.0 Å². The number of hydrogen-bond acceptors (Lipinski definition) is 2. The molecule has 1 aliphatic rings. The number of methoxy groups -OCH3 is 1. The largest absolute Gasteiger partial charge is 0.496 e. The number of ether oxygens (including phenoxy) is 1. The normalized spacial score (nSPS) is 16.4. The Bertz CT molecular complexity index is 457. The number of rotatable bonds is 4. The van der Waals surface area contributed by atoms with Crippen molar-refractivity contribution < 1.29 is 9.53 Å². The lowest BCUT2D eigenvalue weighted by molar-refractivity contribution is 0.0947. The molecule has 0 N–H and O–H groups in total. The number of aryl methyl sites for hydroxylation is 1. The van der Waals surface area contributed by atoms with Gasteiger partial charge in [0.2, 0.25) is 0 Å². The molecule has 1 aromatic carbocycles. The van der Waals surface area contributed by atoms with Crippen molar-refractivity contribution in [1.82, 2.24) is 0 Å². The Balaban J connectivity index is 2.16. The maximum atomic E-state index is 12.5. The summed E-state index contributed by atoms with van der Waals surface area (Å²) in [5.74, 6) is 1.58. The minimum Gasteiger partial charge on any atom is -0.496 e. The molecule has 0 heterocycles. The molecule has 2 heteroatoms. The minimum atomic E-state index is 0.242. The number of carbonyl (C=O) groups is 1. The van der Waals surface area contributed by atoms with Gasteiger partial charge in [-0.1, -0.05) is 38.2 Å². The van der Waals surface area contributed by atoms with Gasteiger partial charge in [-0.3, -0.25) is 4.79 Å². The van der Waals surface area contributed by atoms with Crippen LogP contribution in [-0.4, -0.2) is 12.9 Å². The summed E-state index contributed by atoms with van der Waals surface area (Å²) in [6.45, 7) is 4.07. The van der Waals surface area contributed by atoms with E-state index in [9.17, 15) is 4.79 Å². The highest BCUT2D eigenvalue weighted by molar-refractivity contribution is 5.99. The van der Waals surface area contributed by atoms with Crippen molar-refractivity contribution in [1.29, 1.82) is 0 Å². The lowest BCUT2D eigenvalue weighted by Gasteiger charge is -2.21. The second kappa shape index (κ2) is 6.23. The molecule has 19 heavy (non-hydrogen) atoms. The van der Waals surface area contributed by atoms with E-state index in [1.165, 1.54) is 37.7 Å². The fourth-order valence-electron chi connectivity index (χ4n) is 3.04. The first kappa shape index (κ1) is 14.1. The highest BCUT2D eigenvalue weighted by atomic mass is 16.5. The Hall–Kier alpha value is -1.31. The first-order valence-electron chi connectivity index (χ1n) is 7.31. The van der Waals surface area contributed by atoms with E-state index in [2.05, 4.69) is 0 Å². The predicted molar refractivity (Wildman–Crippen MR) is 78.0 cm³/mol. The quantitative estimate of drug-likeness (QED) is 0.747. The minimum absolute atomic E-state index is 0.242. The van der Waals surface area contributed by atoms with Crippen LogP contribution in [0.15, 0.2) is 12.1 Å². The van der Waals surface area contributed by atoms with Crippen molar-refractivity contribution >= 4 is 5.78 Å². The Labute approximate surface area is 116 Å². The van der Waals surface area contributed by atoms with Crippen LogP contribution in [0, 0.1) is 19.8 Å². The van der Waals surface area contributed by atoms with Gasteiger partial charge in [0.05, 0.1) is 12.7 Å². The molecule has 0 aromatic heterocycles. The molecule has 2 rings (SSSR count). The van der Waals surface area contributed by atoms with Gasteiger partial charge in [0.15, 0.2) is 5.78 Å². The number of carbonyl (C=O) groups excluding carboxylic acids is 1. The van der Waals surface area contributed by atoms with E-state index in [1.54, 1.807) is 7.11 Å². The summed E-state index contributed by atoms with van der Waals surface area (Å²) in [4.78, 5) is 12.5. The van der Waals surface area contributed by atoms with Crippen LogP contribution in [0.4, 0.5) is 0 Å². The van der Waals surface area contributed by atoms with Crippen molar-refractivity contribution in [3.8, 4) is 5.75 Å². The highest BCUT2D eigenvalue weighted by Gasteiger charge is 2.21. The van der Waals surface area contributed by atoms with Crippen LogP contribution in [0.1, 0.15) is 60.0 Å². The summed E-state index contributed by atoms with van der Waals surface area (Å²) < 4.78 is 5.45. The standard InChI is InChI=1S/C17H24O2/c1-12-9-10-15(17(19-3)13(12)2)16(18)11-14-7-5-4-6-8-14/h9-10,14H,4-8,11H2,1-3H3. The highest BCUT2D eigenvalue weighted by Crippen LogP contribution is 2.31. The second-order valence-corrected chi connectivity index (χ2v) is 5.72. The topological polar surface area (TPSA) is 26.3 Å². The molecule has 1 aromatic rings. The van der Waals surface area contributed by atoms with Crippen LogP contribution in [0.25, 0.3) is 0 Å². The van der Waals surface area contributed by atoms with Crippen LogP contribution >= 0.6 is 0 Å². The smallest absolute Gasteiger partial charge is 0.166 e. The van der Waals surface area contributed by atoms with E-state index in [4.69, 9.17) is 4.74 Å². The summed E-state index contributed by atoms with van der Waals surface area (Å²) in [5, 5.41) is 0. The van der Waals surface area contributed by atoms with Crippen molar-refractivity contribution in [3.63, 3.8) is 0 Å². The molecule has 0 amide bonds. The van der Waals surface area contributed by atoms with E-state index in [0.29, 0.717) is 12.3 Å². The van der Waals surface area contributed by atoms with Gasteiger partial charge in [0, 0.05) is 6.42 Å². The first-order chi connectivity index (χ1) is 9.13. The fourth-order valence-corrected chi connectivity index (χ4v) is 3.04. The van der Waals surface area contributed by atoms with Crippen LogP contribution in [0.5, 0.6) is 5.75 Å². The molecular weight excluding hydrogens is 236 g/mol. The molecule has 1 aliphatic carbocycles. The van der Waals surface area contributed by atoms with E-state index in [-0.39, 0.29) is 5.78 Å². The molecule has 1 saturated carbocycles. The maximum Gasteiger partial charge on any atom is 0.166 e. The average Bonchev–Trinajstić information content (AvgIpc) is 2.42. The van der Waals surface area contributed by atoms with Gasteiger partial charge in [0.1, 0.15) is 5.75 Å². The van der Waals surface area contributed by atoms with Crippen LogP contribution in [-0.2, 0) is 0 Å². The van der Waals surface area contributed by atoms with E-state index in [1.807, 2.05) is 26.0 Å². The van der Waals surface area contributed by atoms with E-state index in [0.717, 1.165) is 16.9 Å². The molecule has 104 valence electrons. The third-order valence-electron chi connectivity index (χ3n) is 4.38. The Kier molecular flexibility index (Phi) is 4.62. The summed E-state index contributed by atoms with van der Waals surface area (Å²) in [6.07, 6.45) is 6.98. The zero-order valence-electron chi connectivity index (χ0n) is 12.3. The monoisotopic (exact) mass is 260 g/mol. The summed E-state index contributed by atoms with van der Waals surface area (Å²) in [7, 11) is 1.65. The first-order valence-corrected chi connectivity index (χ1v) is 7.31. The summed E-state index contributed by atoms with van der Waals surface area (Å²) in [5.41, 5.74) is 3.01. The number of benzene rings is 1. The number of hydrogen-bond donors (Lipinski definition) is 0. The van der Waals surface area contributed by atoms with Crippen molar-refractivity contribution in [2.24, 2.45) is 5.92 Å². The summed E-state index contributed by atoms with van der Waals surface area (Å²) in [6, 6.07) is 3.94. The number of ketones is 1. The molecule has 0 unspecified atom stereocenters. The van der Waals surface area contributed by atoms with Crippen LogP contribution < -0.4 is 4.74 Å². The zero-order valence-corrected chi connectivity index (χ0v) is 12.3. The van der Waals surface area contributed by atoms with Crippen molar-refractivity contribution in [2.75, 3.05) is 7.11 Å². The van der Waals surface area contributed by atoms with Crippen molar-refractivity contribution in [3.05, 3.63) is 28.8 Å². The SMILES string of the molecule is COc1c(C(=O)CC2CCCCC2)ccc(C)c1C. The molecule has 1 fully saturated rings. The lowest BCUT2D eigenvalue weighted by Crippen LogP contribution is -2.13. The van der Waals surface area contributed by atoms with Gasteiger partial charge < -0.3 is 4.74 Å². The van der Waals surface area contributed by atoms with Crippen molar-refractivity contribution in [2.45, 2.75) is 52.4 Å². The fraction of sp³-hybridized carbons (Fsp3) is 0.588. The maximum absolute atomic E-state index is 12.5. The van der Waals surface area contributed by atoms with Gasteiger partial charge in [-0.2, -0.15) is 0 Å². The molecular formula is C17H24O2. The summed E-state index contributed by atoms with van der Waals surface area (Å²) >= 11 is 0. The average molecular weight is 260 g/mol. The predicted octanol–water partition coefficient (Wildman–Crippen LogP) is 4.47. The molecule has 0 radical (unpaired) electrons. The third kappa shape index (κ3) is 3.17. The van der Waals surface area contributed by atoms with Gasteiger partial charge in [-0.15, -0.1) is 0 Å². The molecule has 0 spiro atoms. The van der Waals surface area contributed by atoms with E-state index < -0.39 is 0 Å². The molecule has 0 atom stereocenters. The number of Topliss-reactive ketones (excluding diaryl/α,β-unsaturated/α-hetero) is 1. The Morgan fingerprint density at radius 2 is 1.89 bits per heavy atom. The Morgan fingerprint density at radius 1 is 1.21 bits per heavy atom. The Morgan fingerprint density at radius 3 is 2.53 bits per heavy atom. The van der Waals surface area contributed by atoms with Gasteiger partial charge >= 0.3 is 0 Å². The second-order valence-electron chi connectivity index (χ2n) is 5.72. The lowest BCUT2D eigenvalue weighted by atomic mass is 9.84. The molecule has 2 nitrogen and oxygen atoms in total. The third-order valence-corrected chi connectivity index (χ3v) is 4.38.